The van der Waals surface area contributed by atoms with Crippen LogP contribution in [0, 0.1) is 6.92 Å². The largest absolute Gasteiger partial charge is 0.431 e. The zero-order chi connectivity index (χ0) is 9.97. The number of aryl methyl sites for hydroxylation is 1. The molecule has 0 aliphatic carbocycles. The summed E-state index contributed by atoms with van der Waals surface area (Å²) in [6.45, 7) is 2.05. The average molecular weight is 188 g/mol. The summed E-state index contributed by atoms with van der Waals surface area (Å²) in [7, 11) is 0. The first-order valence-electron chi connectivity index (χ1n) is 4.72. The van der Waals surface area contributed by atoms with Crippen LogP contribution in [0.1, 0.15) is 24.0 Å². The van der Waals surface area contributed by atoms with E-state index in [0.29, 0.717) is 6.42 Å². The van der Waals surface area contributed by atoms with Crippen molar-refractivity contribution < 1.29 is 9.53 Å². The molecular weight excluding hydrogens is 176 g/mol. The first-order chi connectivity index (χ1) is 6.74. The van der Waals surface area contributed by atoms with E-state index in [-0.39, 0.29) is 5.97 Å². The molecule has 1 fully saturated rings. The van der Waals surface area contributed by atoms with Crippen LogP contribution in [-0.2, 0) is 9.53 Å². The third-order valence-electron chi connectivity index (χ3n) is 2.23. The molecule has 0 N–H and O–H groups in total. The van der Waals surface area contributed by atoms with Crippen molar-refractivity contribution in [3.8, 4) is 0 Å². The number of allylic oxidation sites excluding steroid dienone is 1. The average Bonchev–Trinajstić information content (AvgIpc) is 2.56. The first kappa shape index (κ1) is 9.00. The summed E-state index contributed by atoms with van der Waals surface area (Å²) in [5, 5.41) is 0. The van der Waals surface area contributed by atoms with E-state index < -0.39 is 0 Å². The van der Waals surface area contributed by atoms with E-state index in [0.717, 1.165) is 17.7 Å². The van der Waals surface area contributed by atoms with Gasteiger partial charge in [0.15, 0.2) is 0 Å². The van der Waals surface area contributed by atoms with Crippen molar-refractivity contribution in [1.82, 2.24) is 0 Å². The minimum Gasteiger partial charge on any atom is -0.431 e. The van der Waals surface area contributed by atoms with Crippen LogP contribution in [0.15, 0.2) is 30.0 Å². The van der Waals surface area contributed by atoms with Crippen molar-refractivity contribution in [3.63, 3.8) is 0 Å². The van der Waals surface area contributed by atoms with Gasteiger partial charge in [-0.2, -0.15) is 0 Å². The summed E-state index contributed by atoms with van der Waals surface area (Å²) in [5.41, 5.74) is 2.32. The predicted octanol–water partition coefficient (Wildman–Crippen LogP) is 2.67. The molecule has 1 aliphatic rings. The second kappa shape index (κ2) is 3.66. The molecule has 0 aromatic heterocycles. The van der Waals surface area contributed by atoms with E-state index in [2.05, 4.69) is 0 Å². The van der Waals surface area contributed by atoms with Crippen molar-refractivity contribution in [2.45, 2.75) is 19.8 Å². The van der Waals surface area contributed by atoms with Crippen LogP contribution in [-0.4, -0.2) is 5.97 Å². The molecule has 0 saturated carbocycles. The maximum atomic E-state index is 10.8. The topological polar surface area (TPSA) is 26.3 Å². The third-order valence-corrected chi connectivity index (χ3v) is 2.23. The van der Waals surface area contributed by atoms with Gasteiger partial charge in [-0.25, -0.2) is 0 Å². The molecule has 14 heavy (non-hydrogen) atoms. The minimum atomic E-state index is -0.122. The van der Waals surface area contributed by atoms with Gasteiger partial charge in [0.2, 0.25) is 0 Å². The molecule has 1 heterocycles. The number of carbonyl (C=O) groups excluding carboxylic acids is 1. The molecule has 72 valence electrons. The molecule has 0 bridgehead atoms. The van der Waals surface area contributed by atoms with Gasteiger partial charge in [0.1, 0.15) is 5.76 Å². The summed E-state index contributed by atoms with van der Waals surface area (Å²) in [5.74, 6) is 0.655. The molecule has 0 amide bonds. The van der Waals surface area contributed by atoms with Crippen molar-refractivity contribution in [3.05, 3.63) is 41.2 Å². The fourth-order valence-corrected chi connectivity index (χ4v) is 1.42. The van der Waals surface area contributed by atoms with Gasteiger partial charge in [-0.05, 0) is 18.6 Å². The summed E-state index contributed by atoms with van der Waals surface area (Å²) in [6, 6.07) is 8.13. The summed E-state index contributed by atoms with van der Waals surface area (Å²) in [4.78, 5) is 10.8. The number of rotatable bonds is 1. The lowest BCUT2D eigenvalue weighted by Crippen LogP contribution is -1.89. The molecule has 1 aromatic rings. The Bertz CT molecular complexity index is 374. The van der Waals surface area contributed by atoms with Crippen LogP contribution in [0.25, 0.3) is 6.08 Å². The van der Waals surface area contributed by atoms with Gasteiger partial charge in [-0.15, -0.1) is 0 Å². The van der Waals surface area contributed by atoms with Crippen molar-refractivity contribution in [1.29, 1.82) is 0 Å². The zero-order valence-corrected chi connectivity index (χ0v) is 8.12. The lowest BCUT2D eigenvalue weighted by molar-refractivity contribution is -0.135. The van der Waals surface area contributed by atoms with Crippen LogP contribution in [0.3, 0.4) is 0 Å². The number of cyclic esters (lactones) is 1. The molecule has 2 nitrogen and oxygen atoms in total. The number of carbonyl (C=O) groups is 1. The molecule has 0 radical (unpaired) electrons. The highest BCUT2D eigenvalue weighted by molar-refractivity contribution is 5.75. The Balaban J connectivity index is 2.17. The van der Waals surface area contributed by atoms with Gasteiger partial charge in [0.25, 0.3) is 0 Å². The summed E-state index contributed by atoms with van der Waals surface area (Å²) in [6.07, 6.45) is 3.16. The smallest absolute Gasteiger partial charge is 0.311 e. The molecule has 2 heteroatoms. The summed E-state index contributed by atoms with van der Waals surface area (Å²) >= 11 is 0. The molecule has 0 spiro atoms. The first-order valence-corrected chi connectivity index (χ1v) is 4.72. The van der Waals surface area contributed by atoms with E-state index in [1.54, 1.807) is 0 Å². The lowest BCUT2D eigenvalue weighted by atomic mass is 10.1. The van der Waals surface area contributed by atoms with E-state index in [1.165, 1.54) is 5.56 Å². The van der Waals surface area contributed by atoms with Crippen LogP contribution in [0.4, 0.5) is 0 Å². The molecule has 1 aromatic carbocycles. The van der Waals surface area contributed by atoms with E-state index in [1.807, 2.05) is 37.3 Å². The Labute approximate surface area is 83.2 Å². The summed E-state index contributed by atoms with van der Waals surface area (Å²) < 4.78 is 5.02. The highest BCUT2D eigenvalue weighted by atomic mass is 16.5. The SMILES string of the molecule is Cc1ccc(/C=C2\CCC(=O)O2)cc1. The second-order valence-corrected chi connectivity index (χ2v) is 3.50. The maximum absolute atomic E-state index is 10.8. The number of hydrogen-bond donors (Lipinski definition) is 0. The van der Waals surface area contributed by atoms with Gasteiger partial charge in [0, 0.05) is 6.42 Å². The highest BCUT2D eigenvalue weighted by Gasteiger charge is 2.16. The van der Waals surface area contributed by atoms with Crippen molar-refractivity contribution >= 4 is 12.0 Å². The Morgan fingerprint density at radius 1 is 1.21 bits per heavy atom. The number of ether oxygens (including phenoxy) is 1. The lowest BCUT2D eigenvalue weighted by Gasteiger charge is -1.97. The molecular formula is C12H12O2. The van der Waals surface area contributed by atoms with Crippen molar-refractivity contribution in [2.75, 3.05) is 0 Å². The fraction of sp³-hybridized carbons (Fsp3) is 0.250. The normalized spacial score (nSPS) is 18.6. The van der Waals surface area contributed by atoms with Crippen LogP contribution >= 0.6 is 0 Å². The standard InChI is InChI=1S/C12H12O2/c1-9-2-4-10(5-3-9)8-11-6-7-12(13)14-11/h2-5,8H,6-7H2,1H3/b11-8+. The number of hydrogen-bond acceptors (Lipinski definition) is 2. The molecule has 1 aliphatic heterocycles. The Hall–Kier alpha value is -1.57. The molecule has 1 saturated heterocycles. The van der Waals surface area contributed by atoms with Gasteiger partial charge in [-0.1, -0.05) is 29.8 Å². The van der Waals surface area contributed by atoms with Gasteiger partial charge in [0.05, 0.1) is 6.42 Å². The van der Waals surface area contributed by atoms with E-state index in [4.69, 9.17) is 4.74 Å². The zero-order valence-electron chi connectivity index (χ0n) is 8.12. The highest BCUT2D eigenvalue weighted by Crippen LogP contribution is 2.20. The predicted molar refractivity (Wildman–Crippen MR) is 54.5 cm³/mol. The Morgan fingerprint density at radius 2 is 1.93 bits per heavy atom. The van der Waals surface area contributed by atoms with Gasteiger partial charge >= 0.3 is 5.97 Å². The van der Waals surface area contributed by atoms with Crippen LogP contribution in [0.5, 0.6) is 0 Å². The molecule has 2 rings (SSSR count). The maximum Gasteiger partial charge on any atom is 0.311 e. The Morgan fingerprint density at radius 3 is 2.50 bits per heavy atom. The van der Waals surface area contributed by atoms with Gasteiger partial charge < -0.3 is 4.74 Å². The second-order valence-electron chi connectivity index (χ2n) is 3.50. The van der Waals surface area contributed by atoms with Gasteiger partial charge in [-0.3, -0.25) is 4.79 Å². The van der Waals surface area contributed by atoms with Crippen molar-refractivity contribution in [2.24, 2.45) is 0 Å². The molecule has 0 unspecified atom stereocenters. The fourth-order valence-electron chi connectivity index (χ4n) is 1.42. The third kappa shape index (κ3) is 2.02. The number of esters is 1. The van der Waals surface area contributed by atoms with E-state index >= 15 is 0 Å². The number of benzene rings is 1. The van der Waals surface area contributed by atoms with E-state index in [9.17, 15) is 4.79 Å². The Kier molecular flexibility index (Phi) is 2.35. The molecule has 0 atom stereocenters. The monoisotopic (exact) mass is 188 g/mol. The minimum absolute atomic E-state index is 0.122. The van der Waals surface area contributed by atoms with Crippen LogP contribution in [0.2, 0.25) is 0 Å². The van der Waals surface area contributed by atoms with Crippen LogP contribution < -0.4 is 0 Å². The quantitative estimate of drug-likeness (QED) is 0.633.